The lowest BCUT2D eigenvalue weighted by molar-refractivity contribution is 0.475. The normalized spacial score (nSPS) is 10.9. The Kier molecular flexibility index (Phi) is 4.75. The third-order valence-corrected chi connectivity index (χ3v) is 5.01. The second kappa shape index (κ2) is 5.88. The Morgan fingerprint density at radius 2 is 1.15 bits per heavy atom. The van der Waals surface area contributed by atoms with Gasteiger partial charge in [0.2, 0.25) is 0 Å². The molecule has 0 fully saturated rings. The summed E-state index contributed by atoms with van der Waals surface area (Å²) < 4.78 is 0. The van der Waals surface area contributed by atoms with Gasteiger partial charge in [0.05, 0.1) is 20.1 Å². The minimum absolute atomic E-state index is 0.0536. The molecule has 0 aliphatic rings. The van der Waals surface area contributed by atoms with E-state index in [-0.39, 0.29) is 47.0 Å². The monoisotopic (exact) mass is 390 g/mol. The number of hydrogen-bond acceptors (Lipinski definition) is 2. The molecule has 2 aromatic rings. The first-order valence-corrected chi connectivity index (χ1v) is 7.25. The molecular weight excluding hydrogens is 389 g/mol. The van der Waals surface area contributed by atoms with Gasteiger partial charge in [-0.3, -0.25) is 0 Å². The standard InChI is InChI=1S/C12H4Cl6O2/c13-5-2-3(19)1-4(7(5)14)6-8(15)10(17)12(20)11(18)9(6)16/h1-2,19-20H. The fraction of sp³-hybridized carbons (Fsp3) is 0. The first-order chi connectivity index (χ1) is 9.25. The van der Waals surface area contributed by atoms with Crippen molar-refractivity contribution in [3.05, 3.63) is 42.3 Å². The summed E-state index contributed by atoms with van der Waals surface area (Å²) in [6.07, 6.45) is 0. The van der Waals surface area contributed by atoms with Crippen molar-refractivity contribution in [2.75, 3.05) is 0 Å². The predicted molar refractivity (Wildman–Crippen MR) is 85.3 cm³/mol. The number of rotatable bonds is 1. The van der Waals surface area contributed by atoms with Gasteiger partial charge in [0.25, 0.3) is 0 Å². The van der Waals surface area contributed by atoms with E-state index < -0.39 is 5.75 Å². The van der Waals surface area contributed by atoms with E-state index in [1.165, 1.54) is 12.1 Å². The number of phenolic OH excluding ortho intramolecular Hbond substituents is 2. The van der Waals surface area contributed by atoms with Crippen LogP contribution in [0.4, 0.5) is 0 Å². The third kappa shape index (κ3) is 2.61. The van der Waals surface area contributed by atoms with E-state index in [0.717, 1.165) is 0 Å². The molecule has 0 radical (unpaired) electrons. The highest BCUT2D eigenvalue weighted by molar-refractivity contribution is 6.52. The zero-order chi connectivity index (χ0) is 15.2. The average Bonchev–Trinajstić information content (AvgIpc) is 2.39. The Morgan fingerprint density at radius 3 is 1.65 bits per heavy atom. The fourth-order valence-corrected chi connectivity index (χ4v) is 3.08. The van der Waals surface area contributed by atoms with E-state index in [4.69, 9.17) is 69.6 Å². The Bertz CT molecular complexity index is 685. The quantitative estimate of drug-likeness (QED) is 0.531. The molecule has 2 N–H and O–H groups in total. The summed E-state index contributed by atoms with van der Waals surface area (Å²) in [5.74, 6) is -0.573. The van der Waals surface area contributed by atoms with E-state index in [0.29, 0.717) is 0 Å². The first-order valence-electron chi connectivity index (χ1n) is 4.99. The maximum absolute atomic E-state index is 9.68. The molecule has 0 amide bonds. The maximum atomic E-state index is 9.68. The van der Waals surface area contributed by atoms with E-state index in [2.05, 4.69) is 0 Å². The van der Waals surface area contributed by atoms with Gasteiger partial charge < -0.3 is 10.2 Å². The van der Waals surface area contributed by atoms with Gasteiger partial charge in [0.15, 0.2) is 5.75 Å². The molecule has 2 rings (SSSR count). The highest BCUT2D eigenvalue weighted by Crippen LogP contribution is 2.51. The van der Waals surface area contributed by atoms with Gasteiger partial charge in [-0.15, -0.1) is 0 Å². The smallest absolute Gasteiger partial charge is 0.155 e. The zero-order valence-corrected chi connectivity index (χ0v) is 13.9. The van der Waals surface area contributed by atoms with Crippen molar-refractivity contribution in [3.63, 3.8) is 0 Å². The topological polar surface area (TPSA) is 40.5 Å². The predicted octanol–water partition coefficient (Wildman–Crippen LogP) is 6.69. The van der Waals surface area contributed by atoms with Crippen molar-refractivity contribution in [2.24, 2.45) is 0 Å². The SMILES string of the molecule is Oc1cc(Cl)c(Cl)c(-c2c(Cl)c(Cl)c(O)c(Cl)c2Cl)c1. The van der Waals surface area contributed by atoms with Crippen molar-refractivity contribution < 1.29 is 10.2 Å². The summed E-state index contributed by atoms with van der Waals surface area (Å²) in [4.78, 5) is 0. The molecule has 0 spiro atoms. The summed E-state index contributed by atoms with van der Waals surface area (Å²) in [5.41, 5.74) is 0.416. The molecule has 2 aromatic carbocycles. The molecule has 20 heavy (non-hydrogen) atoms. The van der Waals surface area contributed by atoms with Gasteiger partial charge in [0.1, 0.15) is 15.8 Å². The lowest BCUT2D eigenvalue weighted by atomic mass is 10.0. The van der Waals surface area contributed by atoms with Crippen LogP contribution in [-0.4, -0.2) is 10.2 Å². The second-order valence-electron chi connectivity index (χ2n) is 3.77. The highest BCUT2D eigenvalue weighted by atomic mass is 35.5. The van der Waals surface area contributed by atoms with Gasteiger partial charge in [-0.1, -0.05) is 69.6 Å². The Hall–Kier alpha value is -0.220. The van der Waals surface area contributed by atoms with Crippen LogP contribution in [0.25, 0.3) is 11.1 Å². The molecule has 0 saturated carbocycles. The highest BCUT2D eigenvalue weighted by Gasteiger charge is 2.23. The molecule has 0 aliphatic heterocycles. The van der Waals surface area contributed by atoms with Crippen LogP contribution in [0, 0.1) is 0 Å². The number of benzene rings is 2. The molecule has 0 bridgehead atoms. The Balaban J connectivity index is 2.91. The van der Waals surface area contributed by atoms with Crippen LogP contribution in [0.3, 0.4) is 0 Å². The van der Waals surface area contributed by atoms with Gasteiger partial charge in [0, 0.05) is 17.2 Å². The summed E-state index contributed by atoms with van der Waals surface area (Å²) in [6, 6.07) is 2.57. The summed E-state index contributed by atoms with van der Waals surface area (Å²) >= 11 is 35.9. The molecule has 0 heterocycles. The number of halogens is 6. The number of aromatic hydroxyl groups is 2. The fourth-order valence-electron chi connectivity index (χ4n) is 1.61. The van der Waals surface area contributed by atoms with E-state index in [1.807, 2.05) is 0 Å². The molecule has 0 unspecified atom stereocenters. The first kappa shape index (κ1) is 16.2. The van der Waals surface area contributed by atoms with Crippen LogP contribution in [0.5, 0.6) is 11.5 Å². The summed E-state index contributed by atoms with van der Waals surface area (Å²) in [5, 5.41) is 19.1. The van der Waals surface area contributed by atoms with Crippen LogP contribution in [0.15, 0.2) is 12.1 Å². The molecule has 0 atom stereocenters. The van der Waals surface area contributed by atoms with Gasteiger partial charge in [-0.2, -0.15) is 0 Å². The van der Waals surface area contributed by atoms with E-state index in [9.17, 15) is 10.2 Å². The van der Waals surface area contributed by atoms with Crippen molar-refractivity contribution in [1.29, 1.82) is 0 Å². The van der Waals surface area contributed by atoms with E-state index >= 15 is 0 Å². The van der Waals surface area contributed by atoms with Crippen LogP contribution in [-0.2, 0) is 0 Å². The lowest BCUT2D eigenvalue weighted by Crippen LogP contribution is -1.88. The zero-order valence-electron chi connectivity index (χ0n) is 9.32. The largest absolute Gasteiger partial charge is 0.508 e. The van der Waals surface area contributed by atoms with Gasteiger partial charge in [-0.05, 0) is 6.07 Å². The van der Waals surface area contributed by atoms with Crippen molar-refractivity contribution >= 4 is 69.6 Å². The molecular formula is C12H4Cl6O2. The van der Waals surface area contributed by atoms with Crippen LogP contribution in [0.1, 0.15) is 0 Å². The van der Waals surface area contributed by atoms with Crippen LogP contribution >= 0.6 is 69.6 Å². The second-order valence-corrected chi connectivity index (χ2v) is 6.07. The molecule has 0 aliphatic carbocycles. The minimum atomic E-state index is -0.436. The maximum Gasteiger partial charge on any atom is 0.155 e. The van der Waals surface area contributed by atoms with Crippen molar-refractivity contribution in [2.45, 2.75) is 0 Å². The summed E-state index contributed by atoms with van der Waals surface area (Å²) in [6.45, 7) is 0. The molecule has 106 valence electrons. The van der Waals surface area contributed by atoms with Gasteiger partial charge in [-0.25, -0.2) is 0 Å². The number of phenols is 2. The van der Waals surface area contributed by atoms with Crippen LogP contribution < -0.4 is 0 Å². The Morgan fingerprint density at radius 1 is 0.650 bits per heavy atom. The van der Waals surface area contributed by atoms with Crippen LogP contribution in [0.2, 0.25) is 30.1 Å². The van der Waals surface area contributed by atoms with E-state index in [1.54, 1.807) is 0 Å². The molecule has 0 saturated heterocycles. The van der Waals surface area contributed by atoms with Crippen molar-refractivity contribution in [1.82, 2.24) is 0 Å². The average molecular weight is 393 g/mol. The molecule has 2 nitrogen and oxygen atoms in total. The summed E-state index contributed by atoms with van der Waals surface area (Å²) in [7, 11) is 0. The van der Waals surface area contributed by atoms with Crippen molar-refractivity contribution in [3.8, 4) is 22.6 Å². The van der Waals surface area contributed by atoms with Gasteiger partial charge >= 0.3 is 0 Å². The Labute approximate surface area is 144 Å². The lowest BCUT2D eigenvalue weighted by Gasteiger charge is -2.14. The molecule has 0 aromatic heterocycles. The number of hydrogen-bond donors (Lipinski definition) is 2. The molecule has 8 heteroatoms. The third-order valence-electron chi connectivity index (χ3n) is 2.52. The minimum Gasteiger partial charge on any atom is -0.508 e.